The van der Waals surface area contributed by atoms with Crippen LogP contribution < -0.4 is 24.8 Å². The van der Waals surface area contributed by atoms with Crippen LogP contribution in [0.4, 0.5) is 10.8 Å². The van der Waals surface area contributed by atoms with Gasteiger partial charge in [-0.2, -0.15) is 0 Å². The number of rotatable bonds is 10. The number of halogens is 2. The fraction of sp³-hybridized carbons (Fsp3) is 0.200. The number of hydrogen-bond acceptors (Lipinski definition) is 9. The van der Waals surface area contributed by atoms with Crippen molar-refractivity contribution in [3.8, 4) is 17.2 Å². The highest BCUT2D eigenvalue weighted by atomic mass is 35.5. The largest absolute Gasteiger partial charge is 0.497 e. The van der Waals surface area contributed by atoms with Gasteiger partial charge in [-0.3, -0.25) is 14.9 Å². The number of methoxy groups -OCH3 is 2. The van der Waals surface area contributed by atoms with E-state index in [9.17, 15) is 9.59 Å². The average Bonchev–Trinajstić information content (AvgIpc) is 3.24. The monoisotopic (exact) mass is 528 g/mol. The van der Waals surface area contributed by atoms with Crippen molar-refractivity contribution in [2.45, 2.75) is 4.34 Å². The average molecular weight is 529 g/mol. The molecule has 0 aliphatic carbocycles. The van der Waals surface area contributed by atoms with Gasteiger partial charge in [0, 0.05) is 11.1 Å². The van der Waals surface area contributed by atoms with Gasteiger partial charge in [0.1, 0.15) is 17.2 Å². The summed E-state index contributed by atoms with van der Waals surface area (Å²) in [6.07, 6.45) is 0. The first kappa shape index (κ1) is 24.9. The highest BCUT2D eigenvalue weighted by Gasteiger charge is 2.13. The number of carbonyl (C=O) groups excluding carboxylic acids is 2. The Bertz CT molecular complexity index is 1150. The second-order valence-corrected chi connectivity index (χ2v) is 9.23. The van der Waals surface area contributed by atoms with E-state index < -0.39 is 5.91 Å². The topological polar surface area (TPSA) is 112 Å². The Balaban J connectivity index is 1.47. The fourth-order valence-electron chi connectivity index (χ4n) is 2.43. The third-order valence-electron chi connectivity index (χ3n) is 3.91. The minimum Gasteiger partial charge on any atom is -0.497 e. The van der Waals surface area contributed by atoms with Gasteiger partial charge in [0.2, 0.25) is 11.0 Å². The Hall–Kier alpha value is -2.73. The van der Waals surface area contributed by atoms with Crippen LogP contribution in [0.25, 0.3) is 0 Å². The molecule has 0 spiro atoms. The molecule has 0 radical (unpaired) electrons. The van der Waals surface area contributed by atoms with Gasteiger partial charge in [0.25, 0.3) is 5.91 Å². The van der Waals surface area contributed by atoms with E-state index in [1.54, 1.807) is 30.3 Å². The van der Waals surface area contributed by atoms with Crippen LogP contribution in [-0.4, -0.2) is 48.6 Å². The predicted octanol–water partition coefficient (Wildman–Crippen LogP) is 4.61. The van der Waals surface area contributed by atoms with Crippen LogP contribution >= 0.6 is 46.3 Å². The Morgan fingerprint density at radius 3 is 2.52 bits per heavy atom. The van der Waals surface area contributed by atoms with Crippen LogP contribution in [0.3, 0.4) is 0 Å². The van der Waals surface area contributed by atoms with Gasteiger partial charge in [-0.15, -0.1) is 10.2 Å². The summed E-state index contributed by atoms with van der Waals surface area (Å²) in [7, 11) is 3.05. The Morgan fingerprint density at radius 2 is 1.79 bits per heavy atom. The third-order valence-corrected chi connectivity index (χ3v) is 6.42. The predicted molar refractivity (Wildman–Crippen MR) is 129 cm³/mol. The third kappa shape index (κ3) is 7.39. The molecule has 13 heteroatoms. The summed E-state index contributed by atoms with van der Waals surface area (Å²) in [6.45, 7) is -0.270. The lowest BCUT2D eigenvalue weighted by Gasteiger charge is -2.11. The maximum Gasteiger partial charge on any atom is 0.264 e. The van der Waals surface area contributed by atoms with Gasteiger partial charge in [-0.05, 0) is 30.3 Å². The van der Waals surface area contributed by atoms with Gasteiger partial charge in [0.05, 0.1) is 30.7 Å². The van der Waals surface area contributed by atoms with Crippen molar-refractivity contribution < 1.29 is 23.8 Å². The number of hydrogen-bond donors (Lipinski definition) is 2. The quantitative estimate of drug-likeness (QED) is 0.289. The molecule has 9 nitrogen and oxygen atoms in total. The molecule has 2 aromatic carbocycles. The summed E-state index contributed by atoms with van der Waals surface area (Å²) in [6, 6.07) is 9.80. The van der Waals surface area contributed by atoms with Gasteiger partial charge in [-0.1, -0.05) is 46.3 Å². The van der Waals surface area contributed by atoms with Crippen LogP contribution in [0.1, 0.15) is 0 Å². The highest BCUT2D eigenvalue weighted by Crippen LogP contribution is 2.30. The summed E-state index contributed by atoms with van der Waals surface area (Å²) in [5.41, 5.74) is 0.494. The maximum absolute atomic E-state index is 12.3. The first-order valence-corrected chi connectivity index (χ1v) is 11.8. The van der Waals surface area contributed by atoms with Gasteiger partial charge >= 0.3 is 0 Å². The standard InChI is InChI=1S/C20H18Cl2N4O5S2/c1-29-12-4-6-16(30-2)14(8-12)23-18(28)10-32-20-26-25-19(33-20)24-17(27)9-31-15-5-3-11(21)7-13(15)22/h3-8H,9-10H2,1-2H3,(H,23,28)(H,24,25,27). The number of nitrogens with one attached hydrogen (secondary N) is 2. The summed E-state index contributed by atoms with van der Waals surface area (Å²) in [4.78, 5) is 24.4. The molecule has 0 saturated heterocycles. The molecule has 3 aromatic rings. The van der Waals surface area contributed by atoms with Crippen molar-refractivity contribution in [1.29, 1.82) is 0 Å². The molecule has 174 valence electrons. The molecule has 1 aromatic heterocycles. The molecular formula is C20H18Cl2N4O5S2. The molecule has 0 aliphatic rings. The molecule has 0 aliphatic heterocycles. The van der Waals surface area contributed by atoms with E-state index in [0.29, 0.717) is 37.3 Å². The summed E-state index contributed by atoms with van der Waals surface area (Å²) >= 11 is 14.2. The zero-order valence-electron chi connectivity index (χ0n) is 17.4. The van der Waals surface area contributed by atoms with Crippen LogP contribution in [0.2, 0.25) is 10.0 Å². The van der Waals surface area contributed by atoms with E-state index in [4.69, 9.17) is 37.4 Å². The number of anilines is 2. The second kappa shape index (κ2) is 11.9. The number of carbonyl (C=O) groups is 2. The number of thioether (sulfide) groups is 1. The zero-order valence-corrected chi connectivity index (χ0v) is 20.5. The molecule has 0 fully saturated rings. The van der Waals surface area contributed by atoms with Crippen LogP contribution in [0.5, 0.6) is 17.2 Å². The van der Waals surface area contributed by atoms with Gasteiger partial charge in [-0.25, -0.2) is 0 Å². The number of ether oxygens (including phenoxy) is 3. The van der Waals surface area contributed by atoms with E-state index in [-0.39, 0.29) is 23.4 Å². The molecular weight excluding hydrogens is 511 g/mol. The van der Waals surface area contributed by atoms with Crippen LogP contribution in [0, 0.1) is 0 Å². The molecule has 33 heavy (non-hydrogen) atoms. The van der Waals surface area contributed by atoms with Crippen LogP contribution in [-0.2, 0) is 9.59 Å². The van der Waals surface area contributed by atoms with Gasteiger partial charge < -0.3 is 19.5 Å². The van der Waals surface area contributed by atoms with Crippen molar-refractivity contribution in [2.24, 2.45) is 0 Å². The van der Waals surface area contributed by atoms with E-state index in [1.807, 2.05) is 0 Å². The van der Waals surface area contributed by atoms with Crippen molar-refractivity contribution in [3.05, 3.63) is 46.4 Å². The summed E-state index contributed by atoms with van der Waals surface area (Å²) in [5, 5.41) is 14.3. The minimum atomic E-state index is -0.434. The first-order chi connectivity index (χ1) is 15.9. The number of benzene rings is 2. The summed E-state index contributed by atoms with van der Waals surface area (Å²) < 4.78 is 16.3. The number of nitrogens with zero attached hydrogens (tertiary/aromatic N) is 2. The maximum atomic E-state index is 12.3. The van der Waals surface area contributed by atoms with Crippen LogP contribution in [0.15, 0.2) is 40.7 Å². The highest BCUT2D eigenvalue weighted by molar-refractivity contribution is 8.01. The number of amides is 2. The first-order valence-electron chi connectivity index (χ1n) is 9.24. The normalized spacial score (nSPS) is 10.4. The lowest BCUT2D eigenvalue weighted by atomic mass is 10.2. The SMILES string of the molecule is COc1ccc(OC)c(NC(=O)CSc2nnc(NC(=O)COc3ccc(Cl)cc3Cl)s2)c1. The fourth-order valence-corrected chi connectivity index (χ4v) is 4.47. The Morgan fingerprint density at radius 1 is 1.00 bits per heavy atom. The van der Waals surface area contributed by atoms with Crippen molar-refractivity contribution in [1.82, 2.24) is 10.2 Å². The van der Waals surface area contributed by atoms with E-state index in [0.717, 1.165) is 11.3 Å². The molecule has 0 saturated carbocycles. The van der Waals surface area contributed by atoms with E-state index in [2.05, 4.69) is 20.8 Å². The Kier molecular flexibility index (Phi) is 9.01. The molecule has 0 unspecified atom stereocenters. The molecule has 1 heterocycles. The Labute approximate surface area is 207 Å². The smallest absolute Gasteiger partial charge is 0.264 e. The lowest BCUT2D eigenvalue weighted by molar-refractivity contribution is -0.118. The zero-order chi connectivity index (χ0) is 23.8. The lowest BCUT2D eigenvalue weighted by Crippen LogP contribution is -2.20. The molecule has 2 N–H and O–H groups in total. The molecule has 0 bridgehead atoms. The summed E-state index contributed by atoms with van der Waals surface area (Å²) in [5.74, 6) is 0.824. The minimum absolute atomic E-state index is 0.0844. The van der Waals surface area contributed by atoms with Gasteiger partial charge in [0.15, 0.2) is 10.9 Å². The molecule has 3 rings (SSSR count). The van der Waals surface area contributed by atoms with E-state index in [1.165, 1.54) is 32.0 Å². The van der Waals surface area contributed by atoms with Crippen molar-refractivity contribution in [3.63, 3.8) is 0 Å². The number of aromatic nitrogens is 2. The molecule has 0 atom stereocenters. The van der Waals surface area contributed by atoms with Crippen molar-refractivity contribution >= 4 is 68.9 Å². The van der Waals surface area contributed by atoms with E-state index >= 15 is 0 Å². The second-order valence-electron chi connectivity index (χ2n) is 6.19. The molecule has 2 amide bonds. The van der Waals surface area contributed by atoms with Crippen molar-refractivity contribution in [2.75, 3.05) is 37.2 Å².